The van der Waals surface area contributed by atoms with E-state index in [-0.39, 0.29) is 19.9 Å². The summed E-state index contributed by atoms with van der Waals surface area (Å²) in [5, 5.41) is 9.38. The van der Waals surface area contributed by atoms with Crippen LogP contribution in [-0.2, 0) is 10.0 Å². The van der Waals surface area contributed by atoms with Crippen LogP contribution in [0, 0.1) is 0 Å². The number of benzene rings is 1. The van der Waals surface area contributed by atoms with Crippen LogP contribution in [-0.4, -0.2) is 24.5 Å². The molecule has 2 N–H and O–H groups in total. The molecule has 2 aromatic rings. The smallest absolute Gasteiger partial charge is 0.356 e. The summed E-state index contributed by atoms with van der Waals surface area (Å²) < 4.78 is 26.1. The quantitative estimate of drug-likeness (QED) is 0.881. The van der Waals surface area contributed by atoms with E-state index in [1.54, 1.807) is 0 Å². The standard InChI is InChI=1S/C10H6Cl2N2O4S2/c11-5-1-6(12)3-7(2-5)14-20(17,18)10-8(9(15)16)13-4-19-10/h1-4,14H,(H,15,16). The summed E-state index contributed by atoms with van der Waals surface area (Å²) >= 11 is 12.2. The minimum Gasteiger partial charge on any atom is -0.476 e. The molecule has 0 saturated carbocycles. The number of carboxylic acid groups (broad SMARTS) is 1. The number of nitrogens with zero attached hydrogens (tertiary/aromatic N) is 1. The van der Waals surface area contributed by atoms with E-state index in [1.165, 1.54) is 18.2 Å². The van der Waals surface area contributed by atoms with Crippen molar-refractivity contribution in [1.82, 2.24) is 4.98 Å². The summed E-state index contributed by atoms with van der Waals surface area (Å²) in [7, 11) is -4.07. The minimum absolute atomic E-state index is 0.132. The monoisotopic (exact) mass is 352 g/mol. The molecule has 0 aliphatic heterocycles. The molecule has 0 aliphatic carbocycles. The van der Waals surface area contributed by atoms with Gasteiger partial charge < -0.3 is 5.11 Å². The van der Waals surface area contributed by atoms with E-state index in [4.69, 9.17) is 28.3 Å². The molecule has 0 fully saturated rings. The van der Waals surface area contributed by atoms with Gasteiger partial charge in [0.05, 0.1) is 11.2 Å². The van der Waals surface area contributed by atoms with Crippen molar-refractivity contribution in [3.05, 3.63) is 39.4 Å². The SMILES string of the molecule is O=C(O)c1ncsc1S(=O)(=O)Nc1cc(Cl)cc(Cl)c1. The second kappa shape index (κ2) is 5.57. The fraction of sp³-hybridized carbons (Fsp3) is 0. The molecule has 1 heterocycles. The number of anilines is 1. The number of hydrogen-bond acceptors (Lipinski definition) is 5. The highest BCUT2D eigenvalue weighted by atomic mass is 35.5. The van der Waals surface area contributed by atoms with Crippen LogP contribution in [0.4, 0.5) is 5.69 Å². The van der Waals surface area contributed by atoms with Crippen LogP contribution in [0.25, 0.3) is 0 Å². The second-order valence-corrected chi connectivity index (χ2v) is 7.16. The first-order chi connectivity index (χ1) is 9.29. The van der Waals surface area contributed by atoms with Crippen molar-refractivity contribution in [3.8, 4) is 0 Å². The van der Waals surface area contributed by atoms with E-state index in [0.29, 0.717) is 11.3 Å². The molecule has 0 saturated heterocycles. The minimum atomic E-state index is -4.07. The highest BCUT2D eigenvalue weighted by Crippen LogP contribution is 2.27. The Bertz CT molecular complexity index is 753. The van der Waals surface area contributed by atoms with Crippen LogP contribution in [0.2, 0.25) is 10.0 Å². The molecule has 20 heavy (non-hydrogen) atoms. The van der Waals surface area contributed by atoms with E-state index in [1.807, 2.05) is 0 Å². The molecular formula is C10H6Cl2N2O4S2. The Labute approximate surface area is 128 Å². The molecule has 0 amide bonds. The molecule has 106 valence electrons. The number of rotatable bonds is 4. The Kier molecular flexibility index (Phi) is 4.19. The Morgan fingerprint density at radius 3 is 2.40 bits per heavy atom. The lowest BCUT2D eigenvalue weighted by Crippen LogP contribution is -2.15. The normalized spacial score (nSPS) is 11.3. The van der Waals surface area contributed by atoms with Crippen molar-refractivity contribution < 1.29 is 18.3 Å². The van der Waals surface area contributed by atoms with E-state index >= 15 is 0 Å². The molecule has 2 rings (SSSR count). The van der Waals surface area contributed by atoms with Crippen LogP contribution in [0.5, 0.6) is 0 Å². The lowest BCUT2D eigenvalue weighted by Gasteiger charge is -2.07. The maximum atomic E-state index is 12.1. The summed E-state index contributed by atoms with van der Waals surface area (Å²) in [5.41, 5.74) is 0.742. The van der Waals surface area contributed by atoms with Crippen molar-refractivity contribution in [3.63, 3.8) is 0 Å². The van der Waals surface area contributed by atoms with Gasteiger partial charge in [-0.3, -0.25) is 4.72 Å². The Morgan fingerprint density at radius 2 is 1.85 bits per heavy atom. The first-order valence-corrected chi connectivity index (χ1v) is 8.07. The van der Waals surface area contributed by atoms with Crippen LogP contribution in [0.3, 0.4) is 0 Å². The van der Waals surface area contributed by atoms with Gasteiger partial charge in [-0.1, -0.05) is 23.2 Å². The fourth-order valence-corrected chi connectivity index (χ4v) is 4.09. The molecule has 0 spiro atoms. The van der Waals surface area contributed by atoms with Crippen molar-refractivity contribution in [2.24, 2.45) is 0 Å². The van der Waals surface area contributed by atoms with E-state index in [2.05, 4.69) is 9.71 Å². The number of nitrogens with one attached hydrogen (secondary N) is 1. The zero-order chi connectivity index (χ0) is 14.9. The maximum Gasteiger partial charge on any atom is 0.356 e. The van der Waals surface area contributed by atoms with E-state index in [9.17, 15) is 13.2 Å². The Balaban J connectivity index is 2.41. The molecule has 0 radical (unpaired) electrons. The summed E-state index contributed by atoms with van der Waals surface area (Å²) in [6.07, 6.45) is 0. The maximum absolute atomic E-state index is 12.1. The van der Waals surface area contributed by atoms with E-state index < -0.39 is 21.7 Å². The molecule has 0 aliphatic rings. The summed E-state index contributed by atoms with van der Waals surface area (Å²) in [4.78, 5) is 14.4. The van der Waals surface area contributed by atoms with Gasteiger partial charge in [0.2, 0.25) is 0 Å². The number of carbonyl (C=O) groups is 1. The molecule has 10 heteroatoms. The topological polar surface area (TPSA) is 96.4 Å². The predicted molar refractivity (Wildman–Crippen MR) is 76.3 cm³/mol. The first-order valence-electron chi connectivity index (χ1n) is 4.95. The summed E-state index contributed by atoms with van der Waals surface area (Å²) in [6.45, 7) is 0. The zero-order valence-corrected chi connectivity index (χ0v) is 12.6. The average molecular weight is 353 g/mol. The third-order valence-corrected chi connectivity index (χ3v) is 5.28. The van der Waals surface area contributed by atoms with Crippen LogP contribution >= 0.6 is 34.5 Å². The molecular weight excluding hydrogens is 347 g/mol. The van der Waals surface area contributed by atoms with Crippen molar-refractivity contribution in [1.29, 1.82) is 0 Å². The van der Waals surface area contributed by atoms with Gasteiger partial charge in [-0.05, 0) is 18.2 Å². The third kappa shape index (κ3) is 3.21. The van der Waals surface area contributed by atoms with Gasteiger partial charge in [0.1, 0.15) is 0 Å². The third-order valence-electron chi connectivity index (χ3n) is 2.10. The van der Waals surface area contributed by atoms with Crippen LogP contribution in [0.15, 0.2) is 27.9 Å². The average Bonchev–Trinajstić information content (AvgIpc) is 2.75. The molecule has 6 nitrogen and oxygen atoms in total. The number of sulfonamides is 1. The lowest BCUT2D eigenvalue weighted by atomic mass is 10.3. The van der Waals surface area contributed by atoms with Gasteiger partial charge in [0.15, 0.2) is 9.90 Å². The van der Waals surface area contributed by atoms with E-state index in [0.717, 1.165) is 5.51 Å². The molecule has 0 bridgehead atoms. The fourth-order valence-electron chi connectivity index (χ4n) is 1.38. The summed E-state index contributed by atoms with van der Waals surface area (Å²) in [6, 6.07) is 4.15. The highest BCUT2D eigenvalue weighted by molar-refractivity contribution is 7.94. The van der Waals surface area contributed by atoms with Crippen LogP contribution in [0.1, 0.15) is 10.5 Å². The number of halogens is 2. The highest BCUT2D eigenvalue weighted by Gasteiger charge is 2.25. The predicted octanol–water partition coefficient (Wildman–Crippen LogP) is 2.95. The number of aromatic nitrogens is 1. The molecule has 1 aromatic heterocycles. The van der Waals surface area contributed by atoms with Crippen molar-refractivity contribution in [2.75, 3.05) is 4.72 Å². The van der Waals surface area contributed by atoms with Gasteiger partial charge in [-0.2, -0.15) is 0 Å². The van der Waals surface area contributed by atoms with Gasteiger partial charge in [-0.15, -0.1) is 11.3 Å². The summed E-state index contributed by atoms with van der Waals surface area (Å²) in [5.74, 6) is -1.42. The van der Waals surface area contributed by atoms with Gasteiger partial charge >= 0.3 is 5.97 Å². The van der Waals surface area contributed by atoms with Crippen LogP contribution < -0.4 is 4.72 Å². The molecule has 1 aromatic carbocycles. The number of aromatic carboxylic acids is 1. The Hall–Kier alpha value is -1.35. The lowest BCUT2D eigenvalue weighted by molar-refractivity contribution is 0.0687. The van der Waals surface area contributed by atoms with Crippen molar-refractivity contribution >= 4 is 56.2 Å². The van der Waals surface area contributed by atoms with Gasteiger partial charge in [-0.25, -0.2) is 18.2 Å². The molecule has 0 unspecified atom stereocenters. The molecule has 0 atom stereocenters. The number of thiazole rings is 1. The first kappa shape index (κ1) is 15.0. The van der Waals surface area contributed by atoms with Gasteiger partial charge in [0.25, 0.3) is 10.0 Å². The number of hydrogen-bond donors (Lipinski definition) is 2. The largest absolute Gasteiger partial charge is 0.476 e. The van der Waals surface area contributed by atoms with Crippen molar-refractivity contribution in [2.45, 2.75) is 4.21 Å². The van der Waals surface area contributed by atoms with Gasteiger partial charge in [0, 0.05) is 10.0 Å². The Morgan fingerprint density at radius 1 is 1.25 bits per heavy atom. The number of carboxylic acids is 1. The second-order valence-electron chi connectivity index (χ2n) is 3.56. The zero-order valence-electron chi connectivity index (χ0n) is 9.50.